The van der Waals surface area contributed by atoms with Crippen LogP contribution in [0.3, 0.4) is 0 Å². The molecule has 1 saturated heterocycles. The molecular formula is C15H23BrN2O. The van der Waals surface area contributed by atoms with Crippen molar-refractivity contribution in [3.05, 3.63) is 28.2 Å². The maximum Gasteiger partial charge on any atom is 0.0715 e. The molecule has 4 heteroatoms. The minimum atomic E-state index is -0.194. The summed E-state index contributed by atoms with van der Waals surface area (Å²) in [6, 6.07) is 6.88. The average Bonchev–Trinajstić information content (AvgIpc) is 2.38. The van der Waals surface area contributed by atoms with Gasteiger partial charge in [-0.2, -0.15) is 0 Å². The van der Waals surface area contributed by atoms with E-state index in [0.717, 1.165) is 36.9 Å². The number of nitrogens with zero attached hydrogens (tertiary/aromatic N) is 1. The molecule has 0 amide bonds. The summed E-state index contributed by atoms with van der Waals surface area (Å²) in [7, 11) is 0. The van der Waals surface area contributed by atoms with E-state index in [1.807, 2.05) is 0 Å². The van der Waals surface area contributed by atoms with Crippen molar-refractivity contribution in [2.24, 2.45) is 0 Å². The molecule has 0 aromatic heterocycles. The molecule has 0 saturated carbocycles. The van der Waals surface area contributed by atoms with Gasteiger partial charge in [0.2, 0.25) is 0 Å². The van der Waals surface area contributed by atoms with Crippen molar-refractivity contribution in [1.82, 2.24) is 5.32 Å². The molecule has 19 heavy (non-hydrogen) atoms. The first-order chi connectivity index (χ1) is 9.11. The first-order valence-electron chi connectivity index (χ1n) is 7.07. The van der Waals surface area contributed by atoms with E-state index >= 15 is 0 Å². The van der Waals surface area contributed by atoms with E-state index in [2.05, 4.69) is 58.2 Å². The van der Waals surface area contributed by atoms with Crippen molar-refractivity contribution in [2.75, 3.05) is 24.5 Å². The first kappa shape index (κ1) is 14.8. The predicted molar refractivity (Wildman–Crippen MR) is 83.7 cm³/mol. The SMILES string of the molecule is CCNC(C)c1ccc(N2CCCC(O)C2)c(Br)c1. The Morgan fingerprint density at radius 3 is 2.95 bits per heavy atom. The zero-order valence-electron chi connectivity index (χ0n) is 11.7. The molecule has 1 aromatic rings. The Balaban J connectivity index is 2.14. The van der Waals surface area contributed by atoms with E-state index < -0.39 is 0 Å². The normalized spacial score (nSPS) is 21.5. The quantitative estimate of drug-likeness (QED) is 0.892. The molecule has 1 aliphatic rings. The van der Waals surface area contributed by atoms with E-state index in [9.17, 15) is 5.11 Å². The Morgan fingerprint density at radius 2 is 2.32 bits per heavy atom. The highest BCUT2D eigenvalue weighted by atomic mass is 79.9. The van der Waals surface area contributed by atoms with Crippen molar-refractivity contribution in [3.8, 4) is 0 Å². The Bertz CT molecular complexity index is 425. The average molecular weight is 327 g/mol. The number of aliphatic hydroxyl groups excluding tert-OH is 1. The van der Waals surface area contributed by atoms with Crippen LogP contribution < -0.4 is 10.2 Å². The van der Waals surface area contributed by atoms with Crippen molar-refractivity contribution in [3.63, 3.8) is 0 Å². The van der Waals surface area contributed by atoms with Crippen LogP contribution in [-0.4, -0.2) is 30.8 Å². The Morgan fingerprint density at radius 1 is 1.53 bits per heavy atom. The zero-order chi connectivity index (χ0) is 13.8. The van der Waals surface area contributed by atoms with Crippen LogP contribution >= 0.6 is 15.9 Å². The summed E-state index contributed by atoms with van der Waals surface area (Å²) in [6.45, 7) is 7.03. The molecule has 1 aromatic carbocycles. The second-order valence-corrected chi connectivity index (χ2v) is 6.09. The molecule has 0 bridgehead atoms. The van der Waals surface area contributed by atoms with Gasteiger partial charge in [-0.15, -0.1) is 0 Å². The fourth-order valence-corrected chi connectivity index (χ4v) is 3.29. The summed E-state index contributed by atoms with van der Waals surface area (Å²) < 4.78 is 1.11. The summed E-state index contributed by atoms with van der Waals surface area (Å²) in [4.78, 5) is 2.26. The minimum Gasteiger partial charge on any atom is -0.391 e. The number of anilines is 1. The number of hydrogen-bond donors (Lipinski definition) is 2. The largest absolute Gasteiger partial charge is 0.391 e. The highest BCUT2D eigenvalue weighted by Crippen LogP contribution is 2.31. The van der Waals surface area contributed by atoms with Crippen molar-refractivity contribution >= 4 is 21.6 Å². The predicted octanol–water partition coefficient (Wildman–Crippen LogP) is 3.08. The van der Waals surface area contributed by atoms with Gasteiger partial charge >= 0.3 is 0 Å². The minimum absolute atomic E-state index is 0.194. The molecule has 1 fully saturated rings. The number of benzene rings is 1. The van der Waals surface area contributed by atoms with E-state index in [1.165, 1.54) is 11.3 Å². The van der Waals surface area contributed by atoms with Gasteiger partial charge in [-0.25, -0.2) is 0 Å². The lowest BCUT2D eigenvalue weighted by atomic mass is 10.0. The molecule has 0 spiro atoms. The molecular weight excluding hydrogens is 304 g/mol. The van der Waals surface area contributed by atoms with Crippen LogP contribution in [0.5, 0.6) is 0 Å². The molecule has 0 radical (unpaired) electrons. The van der Waals surface area contributed by atoms with Gasteiger partial charge in [0.05, 0.1) is 11.8 Å². The number of halogens is 1. The molecule has 1 aliphatic heterocycles. The topological polar surface area (TPSA) is 35.5 Å². The summed E-state index contributed by atoms with van der Waals surface area (Å²) in [5.41, 5.74) is 2.47. The van der Waals surface area contributed by atoms with Crippen molar-refractivity contribution in [2.45, 2.75) is 38.8 Å². The van der Waals surface area contributed by atoms with Gasteiger partial charge < -0.3 is 15.3 Å². The van der Waals surface area contributed by atoms with E-state index in [1.54, 1.807) is 0 Å². The second-order valence-electron chi connectivity index (χ2n) is 5.23. The highest BCUT2D eigenvalue weighted by molar-refractivity contribution is 9.10. The van der Waals surface area contributed by atoms with Crippen LogP contribution in [0, 0.1) is 0 Å². The summed E-state index contributed by atoms with van der Waals surface area (Å²) in [5, 5.41) is 13.2. The number of β-amino-alcohol motifs (C(OH)–C–C–N with tert-alkyl or cyclic N) is 1. The Kier molecular flexibility index (Phi) is 5.25. The van der Waals surface area contributed by atoms with E-state index in [4.69, 9.17) is 0 Å². The highest BCUT2D eigenvalue weighted by Gasteiger charge is 2.20. The van der Waals surface area contributed by atoms with Crippen LogP contribution in [0.2, 0.25) is 0 Å². The van der Waals surface area contributed by atoms with Crippen LogP contribution in [0.1, 0.15) is 38.3 Å². The molecule has 3 nitrogen and oxygen atoms in total. The Labute approximate surface area is 124 Å². The zero-order valence-corrected chi connectivity index (χ0v) is 13.3. The van der Waals surface area contributed by atoms with Gasteiger partial charge in [0, 0.05) is 23.6 Å². The van der Waals surface area contributed by atoms with E-state index in [-0.39, 0.29) is 6.10 Å². The summed E-state index contributed by atoms with van der Waals surface area (Å²) in [6.07, 6.45) is 1.79. The van der Waals surface area contributed by atoms with Crippen molar-refractivity contribution < 1.29 is 5.11 Å². The lowest BCUT2D eigenvalue weighted by molar-refractivity contribution is 0.154. The molecule has 2 rings (SSSR count). The third-order valence-corrected chi connectivity index (χ3v) is 4.35. The van der Waals surface area contributed by atoms with Crippen LogP contribution in [0.4, 0.5) is 5.69 Å². The third-order valence-electron chi connectivity index (χ3n) is 3.72. The van der Waals surface area contributed by atoms with Crippen LogP contribution in [0.15, 0.2) is 22.7 Å². The molecule has 106 valence electrons. The Hall–Kier alpha value is -0.580. The third kappa shape index (κ3) is 3.71. The van der Waals surface area contributed by atoms with Crippen LogP contribution in [-0.2, 0) is 0 Å². The van der Waals surface area contributed by atoms with Gasteiger partial charge in [-0.1, -0.05) is 13.0 Å². The number of nitrogens with one attached hydrogen (secondary N) is 1. The number of hydrogen-bond acceptors (Lipinski definition) is 3. The van der Waals surface area contributed by atoms with Gasteiger partial charge in [0.1, 0.15) is 0 Å². The molecule has 1 heterocycles. The smallest absolute Gasteiger partial charge is 0.0715 e. The lowest BCUT2D eigenvalue weighted by Gasteiger charge is -2.33. The van der Waals surface area contributed by atoms with Crippen molar-refractivity contribution in [1.29, 1.82) is 0 Å². The monoisotopic (exact) mass is 326 g/mol. The summed E-state index contributed by atoms with van der Waals surface area (Å²) >= 11 is 3.67. The fourth-order valence-electron chi connectivity index (χ4n) is 2.65. The molecule has 2 atom stereocenters. The number of piperidine rings is 1. The maximum atomic E-state index is 9.78. The standard InChI is InChI=1S/C15H23BrN2O/c1-3-17-11(2)12-6-7-15(14(16)9-12)18-8-4-5-13(19)10-18/h6-7,9,11,13,17,19H,3-5,8,10H2,1-2H3. The van der Waals surface area contributed by atoms with Gasteiger partial charge in [0.15, 0.2) is 0 Å². The molecule has 0 aliphatic carbocycles. The first-order valence-corrected chi connectivity index (χ1v) is 7.87. The molecule has 2 N–H and O–H groups in total. The van der Waals surface area contributed by atoms with Gasteiger partial charge in [-0.3, -0.25) is 0 Å². The number of aliphatic hydroxyl groups is 1. The van der Waals surface area contributed by atoms with Crippen LogP contribution in [0.25, 0.3) is 0 Å². The second kappa shape index (κ2) is 6.73. The fraction of sp³-hybridized carbons (Fsp3) is 0.600. The maximum absolute atomic E-state index is 9.78. The summed E-state index contributed by atoms with van der Waals surface area (Å²) in [5.74, 6) is 0. The van der Waals surface area contributed by atoms with Gasteiger partial charge in [-0.05, 0) is 59.9 Å². The lowest BCUT2D eigenvalue weighted by Crippen LogP contribution is -2.38. The van der Waals surface area contributed by atoms with E-state index in [0.29, 0.717) is 6.04 Å². The number of rotatable bonds is 4. The molecule has 2 unspecified atom stereocenters. The van der Waals surface area contributed by atoms with Gasteiger partial charge in [0.25, 0.3) is 0 Å².